The Balaban J connectivity index is 2.24. The zero-order chi connectivity index (χ0) is 17.0. The van der Waals surface area contributed by atoms with Crippen LogP contribution >= 0.6 is 0 Å². The number of hydrogen-bond donors (Lipinski definition) is 2. The molecule has 0 aliphatic heterocycles. The molecule has 0 saturated carbocycles. The Kier molecular flexibility index (Phi) is 5.43. The lowest BCUT2D eigenvalue weighted by molar-refractivity contribution is -0.115. The van der Waals surface area contributed by atoms with Crippen molar-refractivity contribution in [1.82, 2.24) is 0 Å². The minimum Gasteiger partial charge on any atom is -0.399 e. The van der Waals surface area contributed by atoms with Crippen molar-refractivity contribution in [2.75, 3.05) is 11.1 Å². The zero-order valence-electron chi connectivity index (χ0n) is 14.4. The second kappa shape index (κ2) is 7.32. The summed E-state index contributed by atoms with van der Waals surface area (Å²) in [7, 11) is 0. The molecule has 23 heavy (non-hydrogen) atoms. The van der Waals surface area contributed by atoms with Gasteiger partial charge in [0.2, 0.25) is 5.91 Å². The third-order valence-corrected chi connectivity index (χ3v) is 3.98. The summed E-state index contributed by atoms with van der Waals surface area (Å²) in [6, 6.07) is 13.7. The third kappa shape index (κ3) is 4.35. The number of carbonyl (C=O) groups is 1. The van der Waals surface area contributed by atoms with Crippen LogP contribution in [-0.4, -0.2) is 5.91 Å². The van der Waals surface area contributed by atoms with E-state index in [0.29, 0.717) is 23.9 Å². The first-order valence-electron chi connectivity index (χ1n) is 8.15. The molecule has 0 radical (unpaired) electrons. The van der Waals surface area contributed by atoms with Gasteiger partial charge in [0.05, 0.1) is 6.42 Å². The number of nitrogens with two attached hydrogens (primary N) is 1. The van der Waals surface area contributed by atoms with E-state index in [1.165, 1.54) is 11.1 Å². The highest BCUT2D eigenvalue weighted by atomic mass is 16.1. The molecule has 2 aromatic carbocycles. The van der Waals surface area contributed by atoms with Gasteiger partial charge in [0, 0.05) is 11.4 Å². The van der Waals surface area contributed by atoms with Crippen LogP contribution in [0.2, 0.25) is 0 Å². The SMILES string of the molecule is CC(C)c1cccc(C(C)C)c1NC(=O)Cc1ccc(N)cc1. The Morgan fingerprint density at radius 2 is 1.48 bits per heavy atom. The molecule has 0 aromatic heterocycles. The molecular weight excluding hydrogens is 284 g/mol. The lowest BCUT2D eigenvalue weighted by Gasteiger charge is -2.20. The Morgan fingerprint density at radius 1 is 0.957 bits per heavy atom. The largest absolute Gasteiger partial charge is 0.399 e. The van der Waals surface area contributed by atoms with Gasteiger partial charge >= 0.3 is 0 Å². The summed E-state index contributed by atoms with van der Waals surface area (Å²) in [5, 5.41) is 3.13. The van der Waals surface area contributed by atoms with E-state index in [9.17, 15) is 4.79 Å². The maximum Gasteiger partial charge on any atom is 0.228 e. The molecule has 0 heterocycles. The van der Waals surface area contributed by atoms with Gasteiger partial charge in [0.1, 0.15) is 0 Å². The molecule has 0 aliphatic carbocycles. The van der Waals surface area contributed by atoms with Crippen LogP contribution in [0.5, 0.6) is 0 Å². The number of benzene rings is 2. The van der Waals surface area contributed by atoms with E-state index >= 15 is 0 Å². The fourth-order valence-corrected chi connectivity index (χ4v) is 2.70. The molecule has 3 nitrogen and oxygen atoms in total. The van der Waals surface area contributed by atoms with Gasteiger partial charge in [0.15, 0.2) is 0 Å². The average molecular weight is 310 g/mol. The van der Waals surface area contributed by atoms with Crippen molar-refractivity contribution < 1.29 is 4.79 Å². The van der Waals surface area contributed by atoms with Crippen LogP contribution in [0.25, 0.3) is 0 Å². The molecule has 2 aromatic rings. The molecule has 2 rings (SSSR count). The molecule has 0 bridgehead atoms. The third-order valence-electron chi connectivity index (χ3n) is 3.98. The highest BCUT2D eigenvalue weighted by Gasteiger charge is 2.16. The smallest absolute Gasteiger partial charge is 0.228 e. The summed E-state index contributed by atoms with van der Waals surface area (Å²) in [6.07, 6.45) is 0.351. The highest BCUT2D eigenvalue weighted by molar-refractivity contribution is 5.94. The van der Waals surface area contributed by atoms with Crippen LogP contribution in [0.3, 0.4) is 0 Å². The molecule has 0 fully saturated rings. The van der Waals surface area contributed by atoms with Gasteiger partial charge in [-0.1, -0.05) is 58.0 Å². The first-order valence-corrected chi connectivity index (χ1v) is 8.15. The zero-order valence-corrected chi connectivity index (χ0v) is 14.4. The molecule has 0 spiro atoms. The Hall–Kier alpha value is -2.29. The number of hydrogen-bond acceptors (Lipinski definition) is 2. The van der Waals surface area contributed by atoms with E-state index in [1.54, 1.807) is 0 Å². The minimum absolute atomic E-state index is 0.00442. The first kappa shape index (κ1) is 17.1. The molecule has 0 atom stereocenters. The van der Waals surface area contributed by atoms with E-state index < -0.39 is 0 Å². The minimum atomic E-state index is 0.00442. The quantitative estimate of drug-likeness (QED) is 0.787. The lowest BCUT2D eigenvalue weighted by atomic mass is 9.92. The second-order valence-electron chi connectivity index (χ2n) is 6.59. The van der Waals surface area contributed by atoms with E-state index in [4.69, 9.17) is 5.73 Å². The van der Waals surface area contributed by atoms with E-state index in [-0.39, 0.29) is 5.91 Å². The second-order valence-corrected chi connectivity index (χ2v) is 6.59. The van der Waals surface area contributed by atoms with Gasteiger partial charge in [-0.05, 0) is 40.7 Å². The number of carbonyl (C=O) groups excluding carboxylic acids is 1. The maximum absolute atomic E-state index is 12.5. The fourth-order valence-electron chi connectivity index (χ4n) is 2.70. The number of rotatable bonds is 5. The number of para-hydroxylation sites is 1. The summed E-state index contributed by atoms with van der Waals surface area (Å²) < 4.78 is 0. The number of anilines is 2. The molecular formula is C20H26N2O. The summed E-state index contributed by atoms with van der Waals surface area (Å²) in [6.45, 7) is 8.59. The maximum atomic E-state index is 12.5. The fraction of sp³-hybridized carbons (Fsp3) is 0.350. The highest BCUT2D eigenvalue weighted by Crippen LogP contribution is 2.32. The van der Waals surface area contributed by atoms with Crippen LogP contribution in [-0.2, 0) is 11.2 Å². The summed E-state index contributed by atoms with van der Waals surface area (Å²) >= 11 is 0. The van der Waals surface area contributed by atoms with Crippen molar-refractivity contribution in [3.8, 4) is 0 Å². The Labute approximate surface area is 138 Å². The van der Waals surface area contributed by atoms with E-state index in [0.717, 1.165) is 11.3 Å². The van der Waals surface area contributed by atoms with Crippen molar-refractivity contribution in [2.24, 2.45) is 0 Å². The number of amides is 1. The number of nitrogen functional groups attached to an aromatic ring is 1. The Bertz CT molecular complexity index is 646. The van der Waals surface area contributed by atoms with Crippen molar-refractivity contribution in [2.45, 2.75) is 46.0 Å². The molecule has 3 heteroatoms. The molecule has 0 unspecified atom stereocenters. The van der Waals surface area contributed by atoms with Gasteiger partial charge in [-0.15, -0.1) is 0 Å². The van der Waals surface area contributed by atoms with Gasteiger partial charge in [0.25, 0.3) is 0 Å². The average Bonchev–Trinajstić information content (AvgIpc) is 2.49. The normalized spacial score (nSPS) is 11.0. The summed E-state index contributed by atoms with van der Waals surface area (Å²) in [5.74, 6) is 0.728. The van der Waals surface area contributed by atoms with Crippen LogP contribution in [0.1, 0.15) is 56.2 Å². The van der Waals surface area contributed by atoms with E-state index in [2.05, 4.69) is 51.2 Å². The van der Waals surface area contributed by atoms with Crippen molar-refractivity contribution in [3.05, 3.63) is 59.2 Å². The van der Waals surface area contributed by atoms with Crippen LogP contribution in [0.15, 0.2) is 42.5 Å². The molecule has 0 saturated heterocycles. The molecule has 1 amide bonds. The summed E-state index contributed by atoms with van der Waals surface area (Å²) in [5.41, 5.74) is 10.7. The predicted octanol–water partition coefficient (Wildman–Crippen LogP) is 4.70. The first-order chi connectivity index (χ1) is 10.9. The monoisotopic (exact) mass is 310 g/mol. The standard InChI is InChI=1S/C20H26N2O/c1-13(2)17-6-5-7-18(14(3)4)20(17)22-19(23)12-15-8-10-16(21)11-9-15/h5-11,13-14H,12,21H2,1-4H3,(H,22,23). The number of nitrogens with one attached hydrogen (secondary N) is 1. The van der Waals surface area contributed by atoms with Gasteiger partial charge in [-0.2, -0.15) is 0 Å². The van der Waals surface area contributed by atoms with Gasteiger partial charge in [-0.25, -0.2) is 0 Å². The van der Waals surface area contributed by atoms with Crippen LogP contribution in [0.4, 0.5) is 11.4 Å². The molecule has 0 aliphatic rings. The molecule has 3 N–H and O–H groups in total. The van der Waals surface area contributed by atoms with Crippen LogP contribution < -0.4 is 11.1 Å². The lowest BCUT2D eigenvalue weighted by Crippen LogP contribution is -2.17. The van der Waals surface area contributed by atoms with Gasteiger partial charge in [-0.3, -0.25) is 4.79 Å². The van der Waals surface area contributed by atoms with Crippen molar-refractivity contribution in [1.29, 1.82) is 0 Å². The Morgan fingerprint density at radius 3 is 1.96 bits per heavy atom. The summed E-state index contributed by atoms with van der Waals surface area (Å²) in [4.78, 5) is 12.5. The van der Waals surface area contributed by atoms with Crippen molar-refractivity contribution >= 4 is 17.3 Å². The molecule has 122 valence electrons. The topological polar surface area (TPSA) is 55.1 Å². The van der Waals surface area contributed by atoms with Gasteiger partial charge < -0.3 is 11.1 Å². The van der Waals surface area contributed by atoms with Crippen molar-refractivity contribution in [3.63, 3.8) is 0 Å². The predicted molar refractivity (Wildman–Crippen MR) is 97.8 cm³/mol. The van der Waals surface area contributed by atoms with Crippen LogP contribution in [0, 0.1) is 0 Å². The van der Waals surface area contributed by atoms with E-state index in [1.807, 2.05) is 24.3 Å².